The highest BCUT2D eigenvalue weighted by Crippen LogP contribution is 2.46. The molecule has 3 heterocycles. The molecule has 0 saturated carbocycles. The summed E-state index contributed by atoms with van der Waals surface area (Å²) in [5.41, 5.74) is -0.197. The highest BCUT2D eigenvalue weighted by molar-refractivity contribution is 5.23. The quantitative estimate of drug-likeness (QED) is 0.797. The number of unbranched alkanes of at least 4 members (excludes halogenated alkanes) is 1. The lowest BCUT2D eigenvalue weighted by atomic mass is 9.83. The van der Waals surface area contributed by atoms with Gasteiger partial charge < -0.3 is 14.2 Å². The SMILES string of the molecule is CCCCC12COC(c3cc(F)c(F)c(F)c3)(OC1)OC2. The molecule has 3 saturated heterocycles. The molecule has 0 spiro atoms. The Balaban J connectivity index is 1.83. The number of hydrogen-bond donors (Lipinski definition) is 0. The van der Waals surface area contributed by atoms with E-state index in [1.54, 1.807) is 0 Å². The van der Waals surface area contributed by atoms with Gasteiger partial charge >= 0.3 is 5.97 Å². The molecular formula is C15H17F3O3. The van der Waals surface area contributed by atoms with Crippen LogP contribution >= 0.6 is 0 Å². The Bertz CT molecular complexity index is 499. The second-order valence-corrected chi connectivity index (χ2v) is 5.78. The predicted octanol–water partition coefficient (Wildman–Crippen LogP) is 3.47. The summed E-state index contributed by atoms with van der Waals surface area (Å²) < 4.78 is 56.6. The summed E-state index contributed by atoms with van der Waals surface area (Å²) in [4.78, 5) is 0. The van der Waals surface area contributed by atoms with Gasteiger partial charge in [0.05, 0.1) is 19.8 Å². The molecular weight excluding hydrogens is 285 g/mol. The maximum Gasteiger partial charge on any atom is 0.312 e. The van der Waals surface area contributed by atoms with E-state index in [2.05, 4.69) is 6.92 Å². The first-order valence-corrected chi connectivity index (χ1v) is 7.07. The molecule has 0 aromatic heterocycles. The van der Waals surface area contributed by atoms with E-state index >= 15 is 0 Å². The topological polar surface area (TPSA) is 27.7 Å². The molecule has 1 aromatic rings. The van der Waals surface area contributed by atoms with Crippen LogP contribution in [-0.4, -0.2) is 19.8 Å². The number of hydrogen-bond acceptors (Lipinski definition) is 3. The van der Waals surface area contributed by atoms with Crippen LogP contribution in [0.1, 0.15) is 31.7 Å². The molecule has 2 bridgehead atoms. The van der Waals surface area contributed by atoms with Crippen molar-refractivity contribution >= 4 is 0 Å². The summed E-state index contributed by atoms with van der Waals surface area (Å²) in [5.74, 6) is -5.71. The summed E-state index contributed by atoms with van der Waals surface area (Å²) in [5, 5.41) is 0. The van der Waals surface area contributed by atoms with Crippen LogP contribution in [0.25, 0.3) is 0 Å². The van der Waals surface area contributed by atoms with Crippen molar-refractivity contribution in [2.75, 3.05) is 19.8 Å². The number of rotatable bonds is 4. The fraction of sp³-hybridized carbons (Fsp3) is 0.600. The number of ether oxygens (including phenoxy) is 3. The molecule has 0 amide bonds. The third kappa shape index (κ3) is 2.45. The van der Waals surface area contributed by atoms with Crippen molar-refractivity contribution in [3.8, 4) is 0 Å². The zero-order valence-corrected chi connectivity index (χ0v) is 11.8. The second-order valence-electron chi connectivity index (χ2n) is 5.78. The van der Waals surface area contributed by atoms with Crippen LogP contribution in [0.3, 0.4) is 0 Å². The van der Waals surface area contributed by atoms with Crippen molar-refractivity contribution in [3.63, 3.8) is 0 Å². The summed E-state index contributed by atoms with van der Waals surface area (Å²) in [6.45, 7) is 3.29. The van der Waals surface area contributed by atoms with Gasteiger partial charge in [0.2, 0.25) is 0 Å². The van der Waals surface area contributed by atoms with Gasteiger partial charge in [-0.1, -0.05) is 19.8 Å². The van der Waals surface area contributed by atoms with Crippen molar-refractivity contribution in [2.24, 2.45) is 5.41 Å². The normalized spacial score (nSPS) is 31.6. The van der Waals surface area contributed by atoms with E-state index in [9.17, 15) is 13.2 Å². The molecule has 3 nitrogen and oxygen atoms in total. The summed E-state index contributed by atoms with van der Waals surface area (Å²) in [6, 6.07) is 1.70. The third-order valence-electron chi connectivity index (χ3n) is 4.10. The Hall–Kier alpha value is -1.11. The van der Waals surface area contributed by atoms with Crippen LogP contribution in [-0.2, 0) is 20.2 Å². The van der Waals surface area contributed by atoms with E-state index in [1.807, 2.05) is 0 Å². The minimum atomic E-state index is -1.62. The van der Waals surface area contributed by atoms with Crippen molar-refractivity contribution < 1.29 is 27.4 Å². The van der Waals surface area contributed by atoms with Crippen molar-refractivity contribution in [2.45, 2.75) is 32.2 Å². The van der Waals surface area contributed by atoms with Gasteiger partial charge in [0, 0.05) is 11.0 Å². The molecule has 1 aromatic carbocycles. The van der Waals surface area contributed by atoms with Gasteiger partial charge in [-0.2, -0.15) is 0 Å². The largest absolute Gasteiger partial charge is 0.323 e. The van der Waals surface area contributed by atoms with Gasteiger partial charge in [-0.15, -0.1) is 0 Å². The van der Waals surface area contributed by atoms with E-state index < -0.39 is 23.4 Å². The lowest BCUT2D eigenvalue weighted by molar-refractivity contribution is -0.480. The Morgan fingerprint density at radius 2 is 1.52 bits per heavy atom. The van der Waals surface area contributed by atoms with Gasteiger partial charge in [0.1, 0.15) is 0 Å². The maximum atomic E-state index is 13.4. The molecule has 3 aliphatic heterocycles. The van der Waals surface area contributed by atoms with Gasteiger partial charge in [0.25, 0.3) is 0 Å². The average molecular weight is 302 g/mol. The summed E-state index contributed by atoms with van der Waals surface area (Å²) in [6.07, 6.45) is 3.00. The number of benzene rings is 1. The highest BCUT2D eigenvalue weighted by Gasteiger charge is 2.53. The Morgan fingerprint density at radius 1 is 1.00 bits per heavy atom. The molecule has 6 heteroatoms. The first kappa shape index (κ1) is 14.8. The zero-order chi connectivity index (χ0) is 15.1. The zero-order valence-electron chi connectivity index (χ0n) is 11.8. The lowest BCUT2D eigenvalue weighted by Crippen LogP contribution is -2.58. The van der Waals surface area contributed by atoms with Gasteiger partial charge in [-0.3, -0.25) is 0 Å². The molecule has 0 atom stereocenters. The predicted molar refractivity (Wildman–Crippen MR) is 67.8 cm³/mol. The molecule has 21 heavy (non-hydrogen) atoms. The first-order valence-electron chi connectivity index (χ1n) is 7.07. The minimum absolute atomic E-state index is 0.00249. The van der Waals surface area contributed by atoms with E-state index in [-0.39, 0.29) is 11.0 Å². The molecule has 0 N–H and O–H groups in total. The van der Waals surface area contributed by atoms with E-state index in [1.165, 1.54) is 0 Å². The van der Waals surface area contributed by atoms with Gasteiger partial charge in [-0.05, 0) is 18.6 Å². The number of fused-ring (bicyclic) bond motifs is 3. The fourth-order valence-corrected chi connectivity index (χ4v) is 2.74. The monoisotopic (exact) mass is 302 g/mol. The Labute approximate surface area is 121 Å². The molecule has 4 rings (SSSR count). The average Bonchev–Trinajstić information content (AvgIpc) is 2.52. The lowest BCUT2D eigenvalue weighted by Gasteiger charge is -2.52. The van der Waals surface area contributed by atoms with Crippen molar-refractivity contribution in [3.05, 3.63) is 35.1 Å². The maximum absolute atomic E-state index is 13.4. The molecule has 3 aliphatic rings. The standard InChI is InChI=1S/C15H17F3O3/c1-2-3-4-14-7-19-15(20-8-14,21-9-14)10-5-11(16)13(18)12(17)6-10/h5-6H,2-4,7-9H2,1H3. The van der Waals surface area contributed by atoms with Crippen LogP contribution in [0.4, 0.5) is 13.2 Å². The fourth-order valence-electron chi connectivity index (χ4n) is 2.74. The highest BCUT2D eigenvalue weighted by atomic mass is 19.2. The van der Waals surface area contributed by atoms with Crippen LogP contribution in [0.2, 0.25) is 0 Å². The van der Waals surface area contributed by atoms with Crippen LogP contribution in [0.5, 0.6) is 0 Å². The smallest absolute Gasteiger partial charge is 0.312 e. The first-order chi connectivity index (χ1) is 10.0. The molecule has 116 valence electrons. The van der Waals surface area contributed by atoms with Crippen LogP contribution in [0.15, 0.2) is 12.1 Å². The van der Waals surface area contributed by atoms with E-state index in [0.717, 1.165) is 31.4 Å². The van der Waals surface area contributed by atoms with E-state index in [4.69, 9.17) is 14.2 Å². The Morgan fingerprint density at radius 3 is 2.00 bits per heavy atom. The third-order valence-corrected chi connectivity index (χ3v) is 4.10. The molecule has 0 aliphatic carbocycles. The second kappa shape index (κ2) is 5.26. The Kier molecular flexibility index (Phi) is 3.71. The van der Waals surface area contributed by atoms with Crippen molar-refractivity contribution in [1.82, 2.24) is 0 Å². The van der Waals surface area contributed by atoms with Crippen LogP contribution in [0, 0.1) is 22.9 Å². The minimum Gasteiger partial charge on any atom is -0.323 e. The number of halogens is 3. The van der Waals surface area contributed by atoms with Gasteiger partial charge in [0.15, 0.2) is 17.5 Å². The molecule has 0 unspecified atom stereocenters. The summed E-state index contributed by atoms with van der Waals surface area (Å²) in [7, 11) is 0. The van der Waals surface area contributed by atoms with Crippen molar-refractivity contribution in [1.29, 1.82) is 0 Å². The molecule has 0 radical (unpaired) electrons. The van der Waals surface area contributed by atoms with E-state index in [0.29, 0.717) is 19.8 Å². The van der Waals surface area contributed by atoms with Gasteiger partial charge in [-0.25, -0.2) is 13.2 Å². The molecule has 3 fully saturated rings. The summed E-state index contributed by atoms with van der Waals surface area (Å²) >= 11 is 0. The van der Waals surface area contributed by atoms with Crippen LogP contribution < -0.4 is 0 Å².